The summed E-state index contributed by atoms with van der Waals surface area (Å²) in [5.74, 6) is -0.128. The molecule has 1 aromatic heterocycles. The lowest BCUT2D eigenvalue weighted by atomic mass is 9.93. The highest BCUT2D eigenvalue weighted by Crippen LogP contribution is 2.21. The second-order valence-corrected chi connectivity index (χ2v) is 6.17. The predicted octanol–water partition coefficient (Wildman–Crippen LogP) is 2.30. The van der Waals surface area contributed by atoms with Gasteiger partial charge in [0, 0.05) is 24.8 Å². The average Bonchev–Trinajstić information content (AvgIpc) is 2.66. The van der Waals surface area contributed by atoms with Crippen LogP contribution < -0.4 is 5.73 Å². The molecule has 0 saturated carbocycles. The summed E-state index contributed by atoms with van der Waals surface area (Å²) >= 11 is 0. The number of nitrogens with two attached hydrogens (primary N) is 1. The number of halogens is 3. The van der Waals surface area contributed by atoms with Crippen molar-refractivity contribution in [3.05, 3.63) is 17.0 Å². The molecule has 1 heterocycles. The van der Waals surface area contributed by atoms with Crippen LogP contribution in [0.1, 0.15) is 37.3 Å². The van der Waals surface area contributed by atoms with E-state index in [0.717, 1.165) is 0 Å². The van der Waals surface area contributed by atoms with Crippen LogP contribution in [-0.2, 0) is 11.2 Å². The number of alkyl halides is 2. The first-order chi connectivity index (χ1) is 9.59. The van der Waals surface area contributed by atoms with Crippen LogP contribution in [0.3, 0.4) is 0 Å². The van der Waals surface area contributed by atoms with Crippen LogP contribution in [-0.4, -0.2) is 40.7 Å². The molecule has 0 radical (unpaired) electrons. The zero-order valence-electron chi connectivity index (χ0n) is 13.7. The Hall–Kier alpha value is -1.21. The van der Waals surface area contributed by atoms with Crippen molar-refractivity contribution in [3.8, 4) is 0 Å². The summed E-state index contributed by atoms with van der Waals surface area (Å²) in [6, 6.07) is 0. The first-order valence-corrected chi connectivity index (χ1v) is 6.86. The molecule has 0 atom stereocenters. The van der Waals surface area contributed by atoms with Crippen molar-refractivity contribution in [1.29, 1.82) is 0 Å². The Labute approximate surface area is 136 Å². The van der Waals surface area contributed by atoms with Crippen molar-refractivity contribution in [1.82, 2.24) is 14.7 Å². The van der Waals surface area contributed by atoms with Crippen molar-refractivity contribution < 1.29 is 13.6 Å². The summed E-state index contributed by atoms with van der Waals surface area (Å²) in [5.41, 5.74) is 6.85. The van der Waals surface area contributed by atoms with Crippen LogP contribution in [0, 0.1) is 19.3 Å². The van der Waals surface area contributed by atoms with Gasteiger partial charge in [-0.25, -0.2) is 4.68 Å². The van der Waals surface area contributed by atoms with Crippen molar-refractivity contribution in [3.63, 3.8) is 0 Å². The molecule has 5 nitrogen and oxygen atoms in total. The van der Waals surface area contributed by atoms with Crippen LogP contribution in [0.4, 0.5) is 8.78 Å². The van der Waals surface area contributed by atoms with Gasteiger partial charge in [0.2, 0.25) is 5.91 Å². The number of amides is 1. The standard InChI is InChI=1S/C14H24F2N4O.ClH/c1-9-11(10(2)20(18-9)13(15)16)6-12(21)19(5)8-14(3,4)7-17;/h13H,6-8,17H2,1-5H3;1H. The van der Waals surface area contributed by atoms with Crippen molar-refractivity contribution in [2.45, 2.75) is 40.7 Å². The number of carbonyl (C=O) groups is 1. The third kappa shape index (κ3) is 4.91. The van der Waals surface area contributed by atoms with Crippen molar-refractivity contribution in [2.75, 3.05) is 20.1 Å². The Morgan fingerprint density at radius 2 is 1.95 bits per heavy atom. The highest BCUT2D eigenvalue weighted by Gasteiger charge is 2.24. The van der Waals surface area contributed by atoms with Crippen molar-refractivity contribution >= 4 is 18.3 Å². The van der Waals surface area contributed by atoms with Crippen LogP contribution in [0.2, 0.25) is 0 Å². The third-order valence-electron chi connectivity index (χ3n) is 3.63. The maximum absolute atomic E-state index is 12.8. The SMILES string of the molecule is Cc1nn(C(F)F)c(C)c1CC(=O)N(C)CC(C)(C)CN.Cl. The zero-order valence-corrected chi connectivity index (χ0v) is 14.5. The normalized spacial score (nSPS) is 11.5. The highest BCUT2D eigenvalue weighted by atomic mass is 35.5. The van der Waals surface area contributed by atoms with Gasteiger partial charge in [0.05, 0.1) is 12.1 Å². The Morgan fingerprint density at radius 3 is 2.36 bits per heavy atom. The molecule has 2 N–H and O–H groups in total. The minimum atomic E-state index is -2.69. The smallest absolute Gasteiger partial charge is 0.333 e. The fourth-order valence-corrected chi connectivity index (χ4v) is 2.22. The van der Waals surface area contributed by atoms with E-state index in [0.29, 0.717) is 34.7 Å². The van der Waals surface area contributed by atoms with Gasteiger partial charge in [0.15, 0.2) is 0 Å². The second kappa shape index (κ2) is 7.87. The Kier molecular flexibility index (Phi) is 7.44. The number of aryl methyl sites for hydroxylation is 1. The number of nitrogens with zero attached hydrogens (tertiary/aromatic N) is 3. The Balaban J connectivity index is 0.00000441. The lowest BCUT2D eigenvalue weighted by Crippen LogP contribution is -2.40. The van der Waals surface area contributed by atoms with E-state index >= 15 is 0 Å². The van der Waals surface area contributed by atoms with E-state index in [1.165, 1.54) is 0 Å². The summed E-state index contributed by atoms with van der Waals surface area (Å²) in [7, 11) is 1.70. The molecule has 1 amide bonds. The van der Waals surface area contributed by atoms with Gasteiger partial charge < -0.3 is 10.6 Å². The maximum Gasteiger partial charge on any atom is 0.333 e. The van der Waals surface area contributed by atoms with Gasteiger partial charge in [-0.15, -0.1) is 12.4 Å². The highest BCUT2D eigenvalue weighted by molar-refractivity contribution is 5.85. The summed E-state index contributed by atoms with van der Waals surface area (Å²) in [5, 5.41) is 3.79. The van der Waals surface area contributed by atoms with Gasteiger partial charge in [-0.05, 0) is 25.8 Å². The molecular weight excluding hydrogens is 314 g/mol. The number of rotatable bonds is 6. The molecule has 0 fully saturated rings. The number of hydrogen-bond donors (Lipinski definition) is 1. The summed E-state index contributed by atoms with van der Waals surface area (Å²) < 4.78 is 26.2. The molecule has 0 aliphatic carbocycles. The molecular formula is C14H25ClF2N4O. The molecule has 0 saturated heterocycles. The number of likely N-dealkylation sites (N-methyl/N-ethyl adjacent to an activating group) is 1. The van der Waals surface area contributed by atoms with Gasteiger partial charge in [-0.3, -0.25) is 4.79 Å². The number of hydrogen-bond acceptors (Lipinski definition) is 3. The van der Waals surface area contributed by atoms with E-state index in [1.807, 2.05) is 13.8 Å². The monoisotopic (exact) mass is 338 g/mol. The van der Waals surface area contributed by atoms with E-state index in [-0.39, 0.29) is 30.2 Å². The number of aromatic nitrogens is 2. The molecule has 128 valence electrons. The second-order valence-electron chi connectivity index (χ2n) is 6.17. The summed E-state index contributed by atoms with van der Waals surface area (Å²) in [4.78, 5) is 13.8. The average molecular weight is 339 g/mol. The fourth-order valence-electron chi connectivity index (χ4n) is 2.22. The molecule has 0 spiro atoms. The minimum Gasteiger partial charge on any atom is -0.345 e. The van der Waals surface area contributed by atoms with Crippen LogP contribution >= 0.6 is 12.4 Å². The van der Waals surface area contributed by atoms with Gasteiger partial charge in [-0.1, -0.05) is 13.8 Å². The molecule has 22 heavy (non-hydrogen) atoms. The third-order valence-corrected chi connectivity index (χ3v) is 3.63. The predicted molar refractivity (Wildman–Crippen MR) is 84.4 cm³/mol. The molecule has 1 aromatic rings. The minimum absolute atomic E-state index is 0. The van der Waals surface area contributed by atoms with Gasteiger partial charge in [0.25, 0.3) is 0 Å². The van der Waals surface area contributed by atoms with E-state index in [1.54, 1.807) is 25.8 Å². The lowest BCUT2D eigenvalue weighted by Gasteiger charge is -2.29. The Bertz CT molecular complexity index is 517. The van der Waals surface area contributed by atoms with Gasteiger partial charge >= 0.3 is 6.55 Å². The first kappa shape index (κ1) is 20.8. The van der Waals surface area contributed by atoms with Gasteiger partial charge in [0.1, 0.15) is 0 Å². The van der Waals surface area contributed by atoms with Gasteiger partial charge in [-0.2, -0.15) is 13.9 Å². The van der Waals surface area contributed by atoms with Crippen LogP contribution in [0.5, 0.6) is 0 Å². The van der Waals surface area contributed by atoms with Crippen LogP contribution in [0.15, 0.2) is 0 Å². The molecule has 1 rings (SSSR count). The molecule has 0 unspecified atom stereocenters. The van der Waals surface area contributed by atoms with Crippen molar-refractivity contribution in [2.24, 2.45) is 11.1 Å². The quantitative estimate of drug-likeness (QED) is 0.865. The number of carbonyl (C=O) groups excluding carboxylic acids is 1. The topological polar surface area (TPSA) is 64.2 Å². The largest absolute Gasteiger partial charge is 0.345 e. The van der Waals surface area contributed by atoms with E-state index in [2.05, 4.69) is 5.10 Å². The molecule has 8 heteroatoms. The summed E-state index contributed by atoms with van der Waals surface area (Å²) in [6.07, 6.45) is 0.0710. The van der Waals surface area contributed by atoms with Crippen LogP contribution in [0.25, 0.3) is 0 Å². The van der Waals surface area contributed by atoms with E-state index in [9.17, 15) is 13.6 Å². The first-order valence-electron chi connectivity index (χ1n) is 6.86. The van der Waals surface area contributed by atoms with E-state index in [4.69, 9.17) is 5.73 Å². The molecule has 0 aromatic carbocycles. The Morgan fingerprint density at radius 1 is 1.41 bits per heavy atom. The molecule has 0 bridgehead atoms. The maximum atomic E-state index is 12.8. The molecule has 0 aliphatic heterocycles. The summed E-state index contributed by atoms with van der Waals surface area (Å²) in [6.45, 7) is 5.43. The lowest BCUT2D eigenvalue weighted by molar-refractivity contribution is -0.130. The zero-order chi connectivity index (χ0) is 16.4. The van der Waals surface area contributed by atoms with E-state index < -0.39 is 6.55 Å². The fraction of sp³-hybridized carbons (Fsp3) is 0.714. The molecule has 0 aliphatic rings.